The highest BCUT2D eigenvalue weighted by molar-refractivity contribution is 5.92. The molecule has 2 rings (SSSR count). The van der Waals surface area contributed by atoms with Crippen LogP contribution in [0.25, 0.3) is 6.08 Å². The van der Waals surface area contributed by atoms with Gasteiger partial charge in [0.15, 0.2) is 6.79 Å². The van der Waals surface area contributed by atoms with E-state index in [9.17, 15) is 4.79 Å². The van der Waals surface area contributed by atoms with Crippen LogP contribution in [0, 0.1) is 0 Å². The Labute approximate surface area is 126 Å². The van der Waals surface area contributed by atoms with E-state index in [1.54, 1.807) is 13.2 Å². The molecule has 1 heterocycles. The molecule has 0 aliphatic carbocycles. The lowest BCUT2D eigenvalue weighted by molar-refractivity contribution is -0.129. The maximum Gasteiger partial charge on any atom is 0.246 e. The molecule has 1 aromatic rings. The number of amides is 1. The van der Waals surface area contributed by atoms with Gasteiger partial charge in [0.1, 0.15) is 5.75 Å². The number of rotatable bonds is 5. The molecule has 0 bridgehead atoms. The molecule has 4 nitrogen and oxygen atoms in total. The molecule has 0 N–H and O–H groups in total. The third kappa shape index (κ3) is 4.60. The van der Waals surface area contributed by atoms with E-state index in [1.807, 2.05) is 35.2 Å². The van der Waals surface area contributed by atoms with Gasteiger partial charge in [-0.25, -0.2) is 0 Å². The Kier molecular flexibility index (Phi) is 5.81. The van der Waals surface area contributed by atoms with Crippen LogP contribution in [-0.4, -0.2) is 37.3 Å². The van der Waals surface area contributed by atoms with E-state index in [1.165, 1.54) is 6.42 Å². The van der Waals surface area contributed by atoms with Gasteiger partial charge in [-0.15, -0.1) is 0 Å². The molecule has 4 heteroatoms. The lowest BCUT2D eigenvalue weighted by Crippen LogP contribution is -2.41. The van der Waals surface area contributed by atoms with Crippen molar-refractivity contribution in [1.29, 1.82) is 0 Å². The van der Waals surface area contributed by atoms with Gasteiger partial charge in [-0.1, -0.05) is 12.1 Å². The second-order valence-corrected chi connectivity index (χ2v) is 5.33. The van der Waals surface area contributed by atoms with Gasteiger partial charge in [0, 0.05) is 25.8 Å². The van der Waals surface area contributed by atoms with Crippen molar-refractivity contribution in [1.82, 2.24) is 4.90 Å². The van der Waals surface area contributed by atoms with Crippen LogP contribution >= 0.6 is 0 Å². The number of methoxy groups -OCH3 is 1. The number of piperidine rings is 1. The summed E-state index contributed by atoms with van der Waals surface area (Å²) in [5.74, 6) is 0.854. The minimum Gasteiger partial charge on any atom is -0.468 e. The van der Waals surface area contributed by atoms with Gasteiger partial charge < -0.3 is 14.4 Å². The zero-order chi connectivity index (χ0) is 15.1. The molecule has 1 fully saturated rings. The van der Waals surface area contributed by atoms with Gasteiger partial charge in [0.25, 0.3) is 0 Å². The Morgan fingerprint density at radius 1 is 1.33 bits per heavy atom. The van der Waals surface area contributed by atoms with Crippen LogP contribution in [0.5, 0.6) is 5.75 Å². The van der Waals surface area contributed by atoms with Crippen LogP contribution in [0.2, 0.25) is 0 Å². The van der Waals surface area contributed by atoms with Crippen molar-refractivity contribution in [2.24, 2.45) is 0 Å². The molecule has 1 atom stereocenters. The molecule has 21 heavy (non-hydrogen) atoms. The molecule has 0 aromatic heterocycles. The Hall–Kier alpha value is -1.81. The number of ether oxygens (including phenoxy) is 2. The minimum atomic E-state index is 0.0990. The number of hydrogen-bond acceptors (Lipinski definition) is 3. The molecule has 1 aromatic carbocycles. The van der Waals surface area contributed by atoms with Crippen molar-refractivity contribution >= 4 is 12.0 Å². The molecule has 1 saturated heterocycles. The van der Waals surface area contributed by atoms with E-state index in [-0.39, 0.29) is 12.7 Å². The first-order valence-electron chi connectivity index (χ1n) is 7.41. The molecule has 1 aliphatic heterocycles. The standard InChI is InChI=1S/C17H23NO3/c1-14-5-3-4-12-18(14)17(19)11-8-15-6-9-16(10-7-15)21-13-20-2/h6-11,14H,3-5,12-13H2,1-2H3/b11-8+. The number of carbonyl (C=O) groups is 1. The van der Waals surface area contributed by atoms with Crippen molar-refractivity contribution in [3.63, 3.8) is 0 Å². The quantitative estimate of drug-likeness (QED) is 0.617. The van der Waals surface area contributed by atoms with Crippen LogP contribution in [0.3, 0.4) is 0 Å². The summed E-state index contributed by atoms with van der Waals surface area (Å²) >= 11 is 0. The molecule has 0 saturated carbocycles. The summed E-state index contributed by atoms with van der Waals surface area (Å²) in [6.07, 6.45) is 6.94. The highest BCUT2D eigenvalue weighted by Gasteiger charge is 2.20. The second-order valence-electron chi connectivity index (χ2n) is 5.33. The number of benzene rings is 1. The molecular weight excluding hydrogens is 266 g/mol. The first-order chi connectivity index (χ1) is 10.2. The third-order valence-electron chi connectivity index (χ3n) is 3.73. The Balaban J connectivity index is 1.92. The largest absolute Gasteiger partial charge is 0.468 e. The highest BCUT2D eigenvalue weighted by atomic mass is 16.7. The molecule has 0 radical (unpaired) electrons. The number of nitrogens with zero attached hydrogens (tertiary/aromatic N) is 1. The fourth-order valence-electron chi connectivity index (χ4n) is 2.49. The number of likely N-dealkylation sites (tertiary alicyclic amines) is 1. The maximum atomic E-state index is 12.2. The third-order valence-corrected chi connectivity index (χ3v) is 3.73. The summed E-state index contributed by atoms with van der Waals surface area (Å²) in [7, 11) is 1.59. The number of carbonyl (C=O) groups excluding carboxylic acids is 1. The van der Waals surface area contributed by atoms with E-state index in [4.69, 9.17) is 9.47 Å². The highest BCUT2D eigenvalue weighted by Crippen LogP contribution is 2.17. The predicted octanol–water partition coefficient (Wildman–Crippen LogP) is 3.08. The van der Waals surface area contributed by atoms with Crippen LogP contribution in [0.1, 0.15) is 31.7 Å². The van der Waals surface area contributed by atoms with Crippen molar-refractivity contribution < 1.29 is 14.3 Å². The van der Waals surface area contributed by atoms with Crippen molar-refractivity contribution in [3.05, 3.63) is 35.9 Å². The fourth-order valence-corrected chi connectivity index (χ4v) is 2.49. The Morgan fingerprint density at radius 3 is 2.76 bits per heavy atom. The molecule has 1 unspecified atom stereocenters. The van der Waals surface area contributed by atoms with Gasteiger partial charge >= 0.3 is 0 Å². The van der Waals surface area contributed by atoms with E-state index in [0.717, 1.165) is 30.7 Å². The summed E-state index contributed by atoms with van der Waals surface area (Å²) in [6, 6.07) is 7.93. The number of hydrogen-bond donors (Lipinski definition) is 0. The molecular formula is C17H23NO3. The smallest absolute Gasteiger partial charge is 0.246 e. The summed E-state index contributed by atoms with van der Waals surface area (Å²) < 4.78 is 10.2. The minimum absolute atomic E-state index is 0.0990. The van der Waals surface area contributed by atoms with E-state index >= 15 is 0 Å². The first-order valence-corrected chi connectivity index (χ1v) is 7.41. The fraction of sp³-hybridized carbons (Fsp3) is 0.471. The topological polar surface area (TPSA) is 38.8 Å². The summed E-state index contributed by atoms with van der Waals surface area (Å²) in [5, 5.41) is 0. The molecule has 114 valence electrons. The van der Waals surface area contributed by atoms with E-state index in [2.05, 4.69) is 6.92 Å². The monoisotopic (exact) mass is 289 g/mol. The van der Waals surface area contributed by atoms with Gasteiger partial charge in [-0.05, 0) is 50.0 Å². The van der Waals surface area contributed by atoms with Crippen molar-refractivity contribution in [2.75, 3.05) is 20.4 Å². The maximum absolute atomic E-state index is 12.2. The Morgan fingerprint density at radius 2 is 2.10 bits per heavy atom. The van der Waals surface area contributed by atoms with Gasteiger partial charge in [-0.2, -0.15) is 0 Å². The molecule has 1 amide bonds. The van der Waals surface area contributed by atoms with Gasteiger partial charge in [-0.3, -0.25) is 4.79 Å². The van der Waals surface area contributed by atoms with Crippen molar-refractivity contribution in [3.8, 4) is 5.75 Å². The first kappa shape index (κ1) is 15.6. The predicted molar refractivity (Wildman–Crippen MR) is 83.0 cm³/mol. The van der Waals surface area contributed by atoms with Crippen LogP contribution in [0.15, 0.2) is 30.3 Å². The lowest BCUT2D eigenvalue weighted by atomic mass is 10.0. The summed E-state index contributed by atoms with van der Waals surface area (Å²) in [5.41, 5.74) is 0.984. The van der Waals surface area contributed by atoms with Gasteiger partial charge in [0.2, 0.25) is 5.91 Å². The molecule has 1 aliphatic rings. The average Bonchev–Trinajstić information content (AvgIpc) is 2.52. The lowest BCUT2D eigenvalue weighted by Gasteiger charge is -2.32. The summed E-state index contributed by atoms with van der Waals surface area (Å²) in [4.78, 5) is 14.1. The second kappa shape index (κ2) is 7.84. The normalized spacial score (nSPS) is 19.0. The SMILES string of the molecule is COCOc1ccc(/C=C/C(=O)N2CCCCC2C)cc1. The molecule has 0 spiro atoms. The Bertz CT molecular complexity index is 481. The zero-order valence-electron chi connectivity index (χ0n) is 12.7. The van der Waals surface area contributed by atoms with Crippen molar-refractivity contribution in [2.45, 2.75) is 32.2 Å². The van der Waals surface area contributed by atoms with Crippen LogP contribution in [0.4, 0.5) is 0 Å². The van der Waals surface area contributed by atoms with Gasteiger partial charge in [0.05, 0.1) is 0 Å². The van der Waals surface area contributed by atoms with E-state index in [0.29, 0.717) is 6.04 Å². The zero-order valence-corrected chi connectivity index (χ0v) is 12.7. The average molecular weight is 289 g/mol. The van der Waals surface area contributed by atoms with Crippen LogP contribution < -0.4 is 4.74 Å². The summed E-state index contributed by atoms with van der Waals surface area (Å²) in [6.45, 7) is 3.22. The van der Waals surface area contributed by atoms with E-state index < -0.39 is 0 Å². The van der Waals surface area contributed by atoms with Crippen LogP contribution in [-0.2, 0) is 9.53 Å².